The maximum Gasteiger partial charge on any atom is 0.309 e. The quantitative estimate of drug-likeness (QED) is 0.730. The molecule has 0 aliphatic rings. The number of carbonyl (C=O) groups is 2. The number of aryl methyl sites for hydroxylation is 1. The average molecular weight is 392 g/mol. The standard InChI is InChI=1S/C18H18BrNO4/c1-13-4-2-6-15(10-13)20-17(21)12-24-18(22)8-9-23-16-7-3-5-14(19)11-16/h2-7,10-11H,8-9,12H2,1H3,(H,20,21). The van der Waals surface area contributed by atoms with Crippen LogP contribution < -0.4 is 10.1 Å². The summed E-state index contributed by atoms with van der Waals surface area (Å²) in [5.74, 6) is -0.194. The van der Waals surface area contributed by atoms with Crippen LogP contribution in [0.1, 0.15) is 12.0 Å². The van der Waals surface area contributed by atoms with Crippen molar-refractivity contribution in [2.75, 3.05) is 18.5 Å². The Hall–Kier alpha value is -2.34. The molecule has 126 valence electrons. The average Bonchev–Trinajstić information content (AvgIpc) is 2.53. The van der Waals surface area contributed by atoms with E-state index >= 15 is 0 Å². The Kier molecular flexibility index (Phi) is 6.81. The second kappa shape index (κ2) is 9.08. The molecule has 0 atom stereocenters. The predicted octanol–water partition coefficient (Wildman–Crippen LogP) is 3.71. The van der Waals surface area contributed by atoms with Gasteiger partial charge in [-0.15, -0.1) is 0 Å². The maximum atomic E-state index is 11.7. The van der Waals surface area contributed by atoms with Gasteiger partial charge in [0.15, 0.2) is 6.61 Å². The molecule has 0 bridgehead atoms. The lowest BCUT2D eigenvalue weighted by Crippen LogP contribution is -2.21. The summed E-state index contributed by atoms with van der Waals surface area (Å²) in [6, 6.07) is 14.7. The SMILES string of the molecule is Cc1cccc(NC(=O)COC(=O)CCOc2cccc(Br)c2)c1. The van der Waals surface area contributed by atoms with Crippen LogP contribution in [0.25, 0.3) is 0 Å². The number of nitrogens with one attached hydrogen (secondary N) is 1. The lowest BCUT2D eigenvalue weighted by Gasteiger charge is -2.08. The van der Waals surface area contributed by atoms with Gasteiger partial charge in [0.2, 0.25) is 0 Å². The highest BCUT2D eigenvalue weighted by Gasteiger charge is 2.08. The zero-order valence-electron chi connectivity index (χ0n) is 13.3. The molecular weight excluding hydrogens is 374 g/mol. The molecule has 0 unspecified atom stereocenters. The molecule has 2 rings (SSSR count). The van der Waals surface area contributed by atoms with Gasteiger partial charge in [-0.2, -0.15) is 0 Å². The maximum absolute atomic E-state index is 11.7. The molecule has 0 aromatic heterocycles. The molecule has 2 aromatic rings. The first-order valence-electron chi connectivity index (χ1n) is 7.43. The first-order chi connectivity index (χ1) is 11.5. The van der Waals surface area contributed by atoms with Crippen LogP contribution in [0.2, 0.25) is 0 Å². The number of rotatable bonds is 7. The Morgan fingerprint density at radius 1 is 1.12 bits per heavy atom. The van der Waals surface area contributed by atoms with Crippen molar-refractivity contribution in [2.24, 2.45) is 0 Å². The Bertz CT molecular complexity index is 718. The van der Waals surface area contributed by atoms with Gasteiger partial charge < -0.3 is 14.8 Å². The van der Waals surface area contributed by atoms with E-state index in [0.29, 0.717) is 11.4 Å². The van der Waals surface area contributed by atoms with Crippen molar-refractivity contribution < 1.29 is 19.1 Å². The Balaban J connectivity index is 1.66. The molecular formula is C18H18BrNO4. The third-order valence-electron chi connectivity index (χ3n) is 3.04. The summed E-state index contributed by atoms with van der Waals surface area (Å²) in [4.78, 5) is 23.4. The van der Waals surface area contributed by atoms with Crippen molar-refractivity contribution in [3.8, 4) is 5.75 Å². The van der Waals surface area contributed by atoms with Crippen LogP contribution in [0, 0.1) is 6.92 Å². The molecule has 5 nitrogen and oxygen atoms in total. The van der Waals surface area contributed by atoms with Gasteiger partial charge in [0.1, 0.15) is 5.75 Å². The van der Waals surface area contributed by atoms with Gasteiger partial charge in [0.05, 0.1) is 13.0 Å². The second-order valence-corrected chi connectivity index (χ2v) is 6.05. The molecule has 6 heteroatoms. The molecule has 0 fully saturated rings. The van der Waals surface area contributed by atoms with E-state index in [1.165, 1.54) is 0 Å². The van der Waals surface area contributed by atoms with Gasteiger partial charge in [0.25, 0.3) is 5.91 Å². The van der Waals surface area contributed by atoms with Crippen LogP contribution in [-0.4, -0.2) is 25.1 Å². The minimum Gasteiger partial charge on any atom is -0.493 e. The minimum absolute atomic E-state index is 0.0736. The number of hydrogen-bond donors (Lipinski definition) is 1. The first kappa shape index (κ1) is 18.0. The summed E-state index contributed by atoms with van der Waals surface area (Å²) in [6.07, 6.45) is 0.0736. The number of benzene rings is 2. The van der Waals surface area contributed by atoms with Gasteiger partial charge in [0, 0.05) is 10.2 Å². The largest absolute Gasteiger partial charge is 0.493 e. The van der Waals surface area contributed by atoms with Gasteiger partial charge in [-0.3, -0.25) is 9.59 Å². The fourth-order valence-corrected chi connectivity index (χ4v) is 2.33. The van der Waals surface area contributed by atoms with Crippen molar-refractivity contribution in [1.29, 1.82) is 0 Å². The summed E-state index contributed by atoms with van der Waals surface area (Å²) in [5.41, 5.74) is 1.71. The Morgan fingerprint density at radius 2 is 1.92 bits per heavy atom. The van der Waals surface area contributed by atoms with E-state index in [4.69, 9.17) is 9.47 Å². The summed E-state index contributed by atoms with van der Waals surface area (Å²) >= 11 is 3.34. The van der Waals surface area contributed by atoms with Crippen LogP contribution in [0.4, 0.5) is 5.69 Å². The molecule has 0 saturated carbocycles. The van der Waals surface area contributed by atoms with Crippen LogP contribution in [0.5, 0.6) is 5.75 Å². The molecule has 0 heterocycles. The Morgan fingerprint density at radius 3 is 2.67 bits per heavy atom. The monoisotopic (exact) mass is 391 g/mol. The van der Waals surface area contributed by atoms with Crippen molar-refractivity contribution >= 4 is 33.5 Å². The Labute approximate surface area is 149 Å². The number of ether oxygens (including phenoxy) is 2. The third-order valence-corrected chi connectivity index (χ3v) is 3.53. The summed E-state index contributed by atoms with van der Waals surface area (Å²) in [7, 11) is 0. The fraction of sp³-hybridized carbons (Fsp3) is 0.222. The second-order valence-electron chi connectivity index (χ2n) is 5.13. The van der Waals surface area contributed by atoms with Gasteiger partial charge in [-0.25, -0.2) is 0 Å². The number of halogens is 1. The van der Waals surface area contributed by atoms with Gasteiger partial charge in [-0.1, -0.05) is 34.1 Å². The molecule has 0 radical (unpaired) electrons. The smallest absolute Gasteiger partial charge is 0.309 e. The molecule has 0 saturated heterocycles. The highest BCUT2D eigenvalue weighted by molar-refractivity contribution is 9.10. The fourth-order valence-electron chi connectivity index (χ4n) is 1.95. The minimum atomic E-state index is -0.482. The molecule has 0 aliphatic heterocycles. The normalized spacial score (nSPS) is 10.1. The van der Waals surface area contributed by atoms with Crippen LogP contribution in [-0.2, 0) is 14.3 Å². The molecule has 1 N–H and O–H groups in total. The van der Waals surface area contributed by atoms with E-state index in [9.17, 15) is 9.59 Å². The zero-order chi connectivity index (χ0) is 17.4. The van der Waals surface area contributed by atoms with Crippen LogP contribution in [0.3, 0.4) is 0 Å². The summed E-state index contributed by atoms with van der Waals surface area (Å²) < 4.78 is 11.3. The van der Waals surface area contributed by atoms with E-state index in [1.807, 2.05) is 37.3 Å². The van der Waals surface area contributed by atoms with Gasteiger partial charge >= 0.3 is 5.97 Å². The lowest BCUT2D eigenvalue weighted by molar-refractivity contribution is -0.147. The topological polar surface area (TPSA) is 64.6 Å². The lowest BCUT2D eigenvalue weighted by atomic mass is 10.2. The molecule has 24 heavy (non-hydrogen) atoms. The molecule has 0 aliphatic carbocycles. The van der Waals surface area contributed by atoms with E-state index in [2.05, 4.69) is 21.2 Å². The highest BCUT2D eigenvalue weighted by Crippen LogP contribution is 2.17. The summed E-state index contributed by atoms with van der Waals surface area (Å²) in [6.45, 7) is 1.80. The number of hydrogen-bond acceptors (Lipinski definition) is 4. The van der Waals surface area contributed by atoms with Crippen LogP contribution in [0.15, 0.2) is 53.0 Å². The zero-order valence-corrected chi connectivity index (χ0v) is 14.8. The van der Waals surface area contributed by atoms with E-state index < -0.39 is 5.97 Å². The number of carbonyl (C=O) groups excluding carboxylic acids is 2. The number of esters is 1. The van der Waals surface area contributed by atoms with E-state index in [-0.39, 0.29) is 25.5 Å². The van der Waals surface area contributed by atoms with Crippen LogP contribution >= 0.6 is 15.9 Å². The number of amides is 1. The summed E-state index contributed by atoms with van der Waals surface area (Å²) in [5, 5.41) is 2.67. The van der Waals surface area contributed by atoms with Crippen molar-refractivity contribution in [2.45, 2.75) is 13.3 Å². The number of anilines is 1. The van der Waals surface area contributed by atoms with Crippen molar-refractivity contribution in [3.05, 3.63) is 58.6 Å². The highest BCUT2D eigenvalue weighted by atomic mass is 79.9. The van der Waals surface area contributed by atoms with E-state index in [1.54, 1.807) is 18.2 Å². The third kappa shape index (κ3) is 6.42. The van der Waals surface area contributed by atoms with Gasteiger partial charge in [-0.05, 0) is 42.8 Å². The molecule has 0 spiro atoms. The van der Waals surface area contributed by atoms with E-state index in [0.717, 1.165) is 10.0 Å². The molecule has 1 amide bonds. The first-order valence-corrected chi connectivity index (χ1v) is 8.23. The van der Waals surface area contributed by atoms with Crippen molar-refractivity contribution in [3.63, 3.8) is 0 Å². The predicted molar refractivity (Wildman–Crippen MR) is 95.0 cm³/mol. The van der Waals surface area contributed by atoms with Crippen molar-refractivity contribution in [1.82, 2.24) is 0 Å². The molecule has 2 aromatic carbocycles.